The van der Waals surface area contributed by atoms with Gasteiger partial charge in [0.25, 0.3) is 0 Å². The van der Waals surface area contributed by atoms with E-state index >= 15 is 0 Å². The first-order valence-corrected chi connectivity index (χ1v) is 4.93. The molecule has 0 fully saturated rings. The number of thiol groups is 1. The lowest BCUT2D eigenvalue weighted by atomic mass is 10.2. The van der Waals surface area contributed by atoms with E-state index in [-0.39, 0.29) is 11.5 Å². The molecule has 2 N–H and O–H groups in total. The number of carboxylic acid groups (broad SMARTS) is 1. The molecule has 1 unspecified atom stereocenters. The van der Waals surface area contributed by atoms with Crippen LogP contribution in [0.3, 0.4) is 0 Å². The minimum atomic E-state index is -1.03. The second kappa shape index (κ2) is 5.41. The zero-order valence-electron chi connectivity index (χ0n) is 7.87. The molecule has 0 radical (unpaired) electrons. The molecule has 0 aliphatic heterocycles. The minimum absolute atomic E-state index is 0.0737. The number of aromatic hydroxyl groups is 1. The summed E-state index contributed by atoms with van der Waals surface area (Å²) in [5, 5.41) is 18.1. The lowest BCUT2D eigenvalue weighted by Crippen LogP contribution is -2.19. The maximum atomic E-state index is 10.6. The van der Waals surface area contributed by atoms with E-state index in [0.29, 0.717) is 5.56 Å². The van der Waals surface area contributed by atoms with Gasteiger partial charge in [0.2, 0.25) is 0 Å². The number of rotatable bonds is 4. The summed E-state index contributed by atoms with van der Waals surface area (Å²) in [7, 11) is 0. The molecule has 5 heteroatoms. The van der Waals surface area contributed by atoms with Crippen LogP contribution in [0.4, 0.5) is 0 Å². The van der Waals surface area contributed by atoms with Crippen LogP contribution < -0.4 is 0 Å². The van der Waals surface area contributed by atoms with Crippen molar-refractivity contribution in [2.75, 3.05) is 5.75 Å². The average molecular weight is 225 g/mol. The zero-order valence-corrected chi connectivity index (χ0v) is 8.76. The Hall–Kier alpha value is -1.49. The second-order valence-electron chi connectivity index (χ2n) is 2.87. The van der Waals surface area contributed by atoms with Crippen LogP contribution in [0.15, 0.2) is 29.3 Å². The molecule has 0 bridgehead atoms. The van der Waals surface area contributed by atoms with E-state index in [4.69, 9.17) is 5.11 Å². The van der Waals surface area contributed by atoms with E-state index in [9.17, 15) is 9.90 Å². The van der Waals surface area contributed by atoms with Crippen LogP contribution >= 0.6 is 12.6 Å². The van der Waals surface area contributed by atoms with E-state index in [0.717, 1.165) is 0 Å². The molecule has 0 aliphatic carbocycles. The van der Waals surface area contributed by atoms with Crippen LogP contribution in [-0.4, -0.2) is 34.2 Å². The molecular formula is C10H11NO3S. The molecule has 0 spiro atoms. The summed E-state index contributed by atoms with van der Waals surface area (Å²) in [5.74, 6) is -0.833. The standard InChI is InChI=1S/C10H11NO3S/c12-9-4-2-1-3-7(9)5-11-8(6-15)10(13)14/h1-5,8,12,15H,6H2,(H,13,14). The number of para-hydroxylation sites is 1. The molecule has 1 aromatic rings. The van der Waals surface area contributed by atoms with Gasteiger partial charge in [0.15, 0.2) is 6.04 Å². The zero-order chi connectivity index (χ0) is 11.3. The third-order valence-corrected chi connectivity index (χ3v) is 2.13. The quantitative estimate of drug-likeness (QED) is 0.532. The van der Waals surface area contributed by atoms with Crippen LogP contribution in [0.1, 0.15) is 5.56 Å². The van der Waals surface area contributed by atoms with E-state index in [1.54, 1.807) is 18.2 Å². The van der Waals surface area contributed by atoms with Gasteiger partial charge < -0.3 is 10.2 Å². The fourth-order valence-corrected chi connectivity index (χ4v) is 1.21. The van der Waals surface area contributed by atoms with Crippen molar-refractivity contribution in [3.63, 3.8) is 0 Å². The molecule has 0 aliphatic rings. The van der Waals surface area contributed by atoms with Crippen molar-refractivity contribution in [3.8, 4) is 5.75 Å². The summed E-state index contributed by atoms with van der Waals surface area (Å²) < 4.78 is 0. The number of benzene rings is 1. The van der Waals surface area contributed by atoms with Gasteiger partial charge in [-0.1, -0.05) is 12.1 Å². The first-order chi connectivity index (χ1) is 7.15. The summed E-state index contributed by atoms with van der Waals surface area (Å²) in [6.07, 6.45) is 1.34. The highest BCUT2D eigenvalue weighted by molar-refractivity contribution is 7.80. The summed E-state index contributed by atoms with van der Waals surface area (Å²) in [6.45, 7) is 0. The number of phenols is 1. The van der Waals surface area contributed by atoms with Crippen molar-refractivity contribution in [2.24, 2.45) is 4.99 Å². The smallest absolute Gasteiger partial charge is 0.329 e. The van der Waals surface area contributed by atoms with Crippen molar-refractivity contribution in [1.82, 2.24) is 0 Å². The number of nitrogens with zero attached hydrogens (tertiary/aromatic N) is 1. The van der Waals surface area contributed by atoms with Gasteiger partial charge in [-0.3, -0.25) is 4.99 Å². The molecule has 1 atom stereocenters. The van der Waals surface area contributed by atoms with Crippen LogP contribution in [-0.2, 0) is 4.79 Å². The van der Waals surface area contributed by atoms with Gasteiger partial charge in [0.05, 0.1) is 0 Å². The van der Waals surface area contributed by atoms with Crippen molar-refractivity contribution in [2.45, 2.75) is 6.04 Å². The lowest BCUT2D eigenvalue weighted by Gasteiger charge is -2.02. The van der Waals surface area contributed by atoms with Gasteiger partial charge in [-0.15, -0.1) is 0 Å². The Labute approximate surface area is 92.7 Å². The van der Waals surface area contributed by atoms with Gasteiger partial charge in [0, 0.05) is 17.5 Å². The van der Waals surface area contributed by atoms with Crippen LogP contribution in [0, 0.1) is 0 Å². The molecule has 0 saturated carbocycles. The SMILES string of the molecule is O=C(O)C(CS)N=Cc1ccccc1O. The Morgan fingerprint density at radius 2 is 2.20 bits per heavy atom. The molecule has 0 aromatic heterocycles. The van der Waals surface area contributed by atoms with Gasteiger partial charge in [-0.25, -0.2) is 4.79 Å². The van der Waals surface area contributed by atoms with Gasteiger partial charge in [-0.2, -0.15) is 12.6 Å². The second-order valence-corrected chi connectivity index (χ2v) is 3.24. The van der Waals surface area contributed by atoms with Crippen molar-refractivity contribution >= 4 is 24.8 Å². The molecule has 0 heterocycles. The molecule has 80 valence electrons. The highest BCUT2D eigenvalue weighted by Gasteiger charge is 2.12. The molecule has 0 saturated heterocycles. The van der Waals surface area contributed by atoms with Crippen molar-refractivity contribution in [1.29, 1.82) is 0 Å². The van der Waals surface area contributed by atoms with Crippen molar-refractivity contribution < 1.29 is 15.0 Å². The Balaban J connectivity index is 2.81. The van der Waals surface area contributed by atoms with Crippen LogP contribution in [0.5, 0.6) is 5.75 Å². The number of hydrogen-bond acceptors (Lipinski definition) is 4. The van der Waals surface area contributed by atoms with Gasteiger partial charge >= 0.3 is 5.97 Å². The number of phenolic OH excluding ortho intramolecular Hbond substituents is 1. The largest absolute Gasteiger partial charge is 0.507 e. The summed E-state index contributed by atoms with van der Waals surface area (Å²) in [4.78, 5) is 14.4. The maximum absolute atomic E-state index is 10.6. The molecule has 1 rings (SSSR count). The predicted octanol–water partition coefficient (Wildman–Crippen LogP) is 1.19. The van der Waals surface area contributed by atoms with Gasteiger partial charge in [0.1, 0.15) is 5.75 Å². The van der Waals surface area contributed by atoms with E-state index in [1.807, 2.05) is 0 Å². The fourth-order valence-electron chi connectivity index (χ4n) is 0.956. The number of carbonyl (C=O) groups is 1. The first-order valence-electron chi connectivity index (χ1n) is 4.30. The fraction of sp³-hybridized carbons (Fsp3) is 0.200. The topological polar surface area (TPSA) is 69.9 Å². The summed E-state index contributed by atoms with van der Waals surface area (Å²) >= 11 is 3.87. The average Bonchev–Trinajstić information content (AvgIpc) is 2.21. The highest BCUT2D eigenvalue weighted by atomic mass is 32.1. The molecule has 15 heavy (non-hydrogen) atoms. The maximum Gasteiger partial charge on any atom is 0.329 e. The molecular weight excluding hydrogens is 214 g/mol. The monoisotopic (exact) mass is 225 g/mol. The Morgan fingerprint density at radius 3 is 2.73 bits per heavy atom. The Bertz CT molecular complexity index is 379. The third-order valence-electron chi connectivity index (χ3n) is 1.79. The normalized spacial score (nSPS) is 12.9. The Kier molecular flexibility index (Phi) is 4.17. The minimum Gasteiger partial charge on any atom is -0.507 e. The summed E-state index contributed by atoms with van der Waals surface area (Å²) in [5.41, 5.74) is 0.491. The summed E-state index contributed by atoms with van der Waals surface area (Å²) in [6, 6.07) is 5.69. The van der Waals surface area contributed by atoms with E-state index in [1.165, 1.54) is 12.3 Å². The Morgan fingerprint density at radius 1 is 1.53 bits per heavy atom. The lowest BCUT2D eigenvalue weighted by molar-refractivity contribution is -0.137. The van der Waals surface area contributed by atoms with Crippen molar-refractivity contribution in [3.05, 3.63) is 29.8 Å². The van der Waals surface area contributed by atoms with Crippen LogP contribution in [0.2, 0.25) is 0 Å². The highest BCUT2D eigenvalue weighted by Crippen LogP contribution is 2.13. The number of aliphatic imine (C=N–C) groups is 1. The third kappa shape index (κ3) is 3.28. The van der Waals surface area contributed by atoms with Gasteiger partial charge in [-0.05, 0) is 12.1 Å². The molecule has 1 aromatic carbocycles. The van der Waals surface area contributed by atoms with E-state index < -0.39 is 12.0 Å². The molecule has 0 amide bonds. The predicted molar refractivity (Wildman–Crippen MR) is 61.0 cm³/mol. The van der Waals surface area contributed by atoms with E-state index in [2.05, 4.69) is 17.6 Å². The number of hydrogen-bond donors (Lipinski definition) is 3. The number of carboxylic acids is 1. The first kappa shape index (κ1) is 11.6. The number of aliphatic carboxylic acids is 1. The molecule has 4 nitrogen and oxygen atoms in total. The van der Waals surface area contributed by atoms with Crippen LogP contribution in [0.25, 0.3) is 0 Å².